The normalized spacial score (nSPS) is 11.5. The van der Waals surface area contributed by atoms with Crippen molar-refractivity contribution in [1.29, 1.82) is 0 Å². The Morgan fingerprint density at radius 2 is 2.06 bits per heavy atom. The van der Waals surface area contributed by atoms with E-state index in [1.54, 1.807) is 13.0 Å². The zero-order chi connectivity index (χ0) is 12.9. The van der Waals surface area contributed by atoms with Crippen LogP contribution in [0.5, 0.6) is 0 Å². The summed E-state index contributed by atoms with van der Waals surface area (Å²) >= 11 is 0. The van der Waals surface area contributed by atoms with Gasteiger partial charge in [0.25, 0.3) is 0 Å². The van der Waals surface area contributed by atoms with E-state index >= 15 is 0 Å². The van der Waals surface area contributed by atoms with Gasteiger partial charge < -0.3 is 10.6 Å². The summed E-state index contributed by atoms with van der Waals surface area (Å²) in [6, 6.07) is 3.82. The maximum Gasteiger partial charge on any atom is 0.416 e. The number of alkyl halides is 3. The van der Waals surface area contributed by atoms with Gasteiger partial charge in [-0.25, -0.2) is 4.79 Å². The van der Waals surface area contributed by atoms with Crippen LogP contribution in [0.15, 0.2) is 36.5 Å². The quantitative estimate of drug-likeness (QED) is 0.822. The molecular weight excluding hydrogens is 233 g/mol. The van der Waals surface area contributed by atoms with Crippen molar-refractivity contribution in [2.75, 3.05) is 5.32 Å². The van der Waals surface area contributed by atoms with E-state index in [0.717, 1.165) is 12.1 Å². The molecule has 1 rings (SSSR count). The summed E-state index contributed by atoms with van der Waals surface area (Å²) in [6.07, 6.45) is -1.45. The number of carbonyl (C=O) groups is 1. The summed E-state index contributed by atoms with van der Waals surface area (Å²) in [6.45, 7) is 1.70. The second-order valence-electron chi connectivity index (χ2n) is 3.18. The van der Waals surface area contributed by atoms with Crippen LogP contribution in [0, 0.1) is 0 Å². The zero-order valence-electron chi connectivity index (χ0n) is 9.01. The number of nitrogens with one attached hydrogen (secondary N) is 2. The molecule has 2 N–H and O–H groups in total. The predicted octanol–water partition coefficient (Wildman–Crippen LogP) is 3.36. The number of rotatable bonds is 2. The van der Waals surface area contributed by atoms with E-state index in [0.29, 0.717) is 0 Å². The van der Waals surface area contributed by atoms with Gasteiger partial charge in [-0.1, -0.05) is 12.1 Å². The largest absolute Gasteiger partial charge is 0.416 e. The molecule has 17 heavy (non-hydrogen) atoms. The van der Waals surface area contributed by atoms with Crippen LogP contribution < -0.4 is 10.6 Å². The lowest BCUT2D eigenvalue weighted by atomic mass is 10.2. The first kappa shape index (κ1) is 13.1. The van der Waals surface area contributed by atoms with Gasteiger partial charge in [-0.3, -0.25) is 0 Å². The van der Waals surface area contributed by atoms with Crippen LogP contribution in [0.2, 0.25) is 0 Å². The average molecular weight is 244 g/mol. The van der Waals surface area contributed by atoms with Gasteiger partial charge in [-0.2, -0.15) is 13.2 Å². The van der Waals surface area contributed by atoms with Crippen molar-refractivity contribution >= 4 is 11.7 Å². The lowest BCUT2D eigenvalue weighted by molar-refractivity contribution is -0.137. The number of hydrogen-bond acceptors (Lipinski definition) is 1. The van der Waals surface area contributed by atoms with Crippen LogP contribution in [-0.2, 0) is 6.18 Å². The van der Waals surface area contributed by atoms with Gasteiger partial charge in [0.2, 0.25) is 0 Å². The molecular formula is C11H11F3N2O. The molecule has 0 radical (unpaired) electrons. The van der Waals surface area contributed by atoms with Gasteiger partial charge in [0.1, 0.15) is 0 Å². The van der Waals surface area contributed by atoms with Gasteiger partial charge in [0.05, 0.1) is 5.56 Å². The molecule has 2 amide bonds. The van der Waals surface area contributed by atoms with E-state index < -0.39 is 17.8 Å². The van der Waals surface area contributed by atoms with Crippen molar-refractivity contribution in [3.05, 3.63) is 42.1 Å². The highest BCUT2D eigenvalue weighted by atomic mass is 19.4. The summed E-state index contributed by atoms with van der Waals surface area (Å²) in [4.78, 5) is 11.2. The van der Waals surface area contributed by atoms with Crippen LogP contribution in [-0.4, -0.2) is 6.03 Å². The third-order valence-electron chi connectivity index (χ3n) is 1.83. The van der Waals surface area contributed by atoms with Crippen LogP contribution in [0.25, 0.3) is 0 Å². The van der Waals surface area contributed by atoms with E-state index in [9.17, 15) is 18.0 Å². The molecule has 0 aromatic heterocycles. The van der Waals surface area contributed by atoms with Crippen molar-refractivity contribution < 1.29 is 18.0 Å². The number of hydrogen-bond donors (Lipinski definition) is 2. The maximum absolute atomic E-state index is 12.4. The molecule has 92 valence electrons. The summed E-state index contributed by atoms with van der Waals surface area (Å²) in [5, 5.41) is 4.62. The monoisotopic (exact) mass is 244 g/mol. The van der Waals surface area contributed by atoms with Gasteiger partial charge in [-0.05, 0) is 25.1 Å². The fraction of sp³-hybridized carbons (Fsp3) is 0.182. The van der Waals surface area contributed by atoms with Crippen molar-refractivity contribution in [1.82, 2.24) is 5.32 Å². The minimum atomic E-state index is -4.42. The maximum atomic E-state index is 12.4. The first-order valence-electron chi connectivity index (χ1n) is 4.79. The van der Waals surface area contributed by atoms with E-state index in [1.165, 1.54) is 18.3 Å². The third-order valence-corrected chi connectivity index (χ3v) is 1.83. The Kier molecular flexibility index (Phi) is 4.14. The number of anilines is 1. The number of allylic oxidation sites excluding steroid dienone is 1. The molecule has 3 nitrogen and oxygen atoms in total. The summed E-state index contributed by atoms with van der Waals surface area (Å²) in [5.74, 6) is 0. The SMILES string of the molecule is C/C=C/NC(=O)Nc1cccc(C(F)(F)F)c1. The lowest BCUT2D eigenvalue weighted by Crippen LogP contribution is -2.23. The molecule has 0 saturated carbocycles. The molecule has 0 aliphatic heterocycles. The van der Waals surface area contributed by atoms with Crippen LogP contribution in [0.3, 0.4) is 0 Å². The highest BCUT2D eigenvalue weighted by Crippen LogP contribution is 2.30. The standard InChI is InChI=1S/C11H11F3N2O/c1-2-6-15-10(17)16-9-5-3-4-8(7-9)11(12,13)14/h2-7H,1H3,(H2,15,16,17)/b6-2+. The molecule has 0 spiro atoms. The van der Waals surface area contributed by atoms with Crippen molar-refractivity contribution in [3.63, 3.8) is 0 Å². The number of urea groups is 1. The van der Waals surface area contributed by atoms with E-state index in [1.807, 2.05) is 0 Å². The fourth-order valence-corrected chi connectivity index (χ4v) is 1.10. The van der Waals surface area contributed by atoms with Crippen molar-refractivity contribution in [2.24, 2.45) is 0 Å². The highest BCUT2D eigenvalue weighted by molar-refractivity contribution is 5.89. The van der Waals surface area contributed by atoms with Crippen LogP contribution >= 0.6 is 0 Å². The van der Waals surface area contributed by atoms with E-state index in [2.05, 4.69) is 10.6 Å². The number of carbonyl (C=O) groups excluding carboxylic acids is 1. The van der Waals surface area contributed by atoms with Crippen LogP contribution in [0.4, 0.5) is 23.7 Å². The fourth-order valence-electron chi connectivity index (χ4n) is 1.10. The van der Waals surface area contributed by atoms with Crippen LogP contribution in [0.1, 0.15) is 12.5 Å². The highest BCUT2D eigenvalue weighted by Gasteiger charge is 2.30. The van der Waals surface area contributed by atoms with Gasteiger partial charge >= 0.3 is 12.2 Å². The topological polar surface area (TPSA) is 41.1 Å². The Labute approximate surface area is 96.3 Å². The molecule has 0 aliphatic rings. The minimum Gasteiger partial charge on any atom is -0.315 e. The second kappa shape index (κ2) is 5.38. The Hall–Kier alpha value is -1.98. The first-order chi connectivity index (χ1) is 7.93. The number of halogens is 3. The second-order valence-corrected chi connectivity index (χ2v) is 3.18. The Balaban J connectivity index is 2.76. The molecule has 0 saturated heterocycles. The molecule has 0 atom stereocenters. The Morgan fingerprint density at radius 1 is 1.35 bits per heavy atom. The van der Waals surface area contributed by atoms with Crippen molar-refractivity contribution in [2.45, 2.75) is 13.1 Å². The molecule has 0 aliphatic carbocycles. The van der Waals surface area contributed by atoms with Gasteiger partial charge in [0.15, 0.2) is 0 Å². The minimum absolute atomic E-state index is 0.0850. The molecule has 1 aromatic carbocycles. The molecule has 0 unspecified atom stereocenters. The van der Waals surface area contributed by atoms with Crippen molar-refractivity contribution in [3.8, 4) is 0 Å². The number of benzene rings is 1. The first-order valence-corrected chi connectivity index (χ1v) is 4.79. The molecule has 0 fully saturated rings. The van der Waals surface area contributed by atoms with Gasteiger partial charge in [0, 0.05) is 11.9 Å². The summed E-state index contributed by atoms with van der Waals surface area (Å²) in [5.41, 5.74) is -0.719. The summed E-state index contributed by atoms with van der Waals surface area (Å²) < 4.78 is 37.1. The van der Waals surface area contributed by atoms with E-state index in [-0.39, 0.29) is 5.69 Å². The third kappa shape index (κ3) is 4.18. The Bertz CT molecular complexity index is 427. The average Bonchev–Trinajstić information content (AvgIpc) is 2.25. The van der Waals surface area contributed by atoms with Gasteiger partial charge in [-0.15, -0.1) is 0 Å². The molecule has 0 heterocycles. The molecule has 0 bridgehead atoms. The lowest BCUT2D eigenvalue weighted by Gasteiger charge is -2.09. The molecule has 1 aromatic rings. The smallest absolute Gasteiger partial charge is 0.315 e. The predicted molar refractivity (Wildman–Crippen MR) is 58.4 cm³/mol. The van der Waals surface area contributed by atoms with E-state index in [4.69, 9.17) is 0 Å². The summed E-state index contributed by atoms with van der Waals surface area (Å²) in [7, 11) is 0. The zero-order valence-corrected chi connectivity index (χ0v) is 9.01. The Morgan fingerprint density at radius 3 is 2.65 bits per heavy atom. The number of amides is 2. The molecule has 6 heteroatoms.